The van der Waals surface area contributed by atoms with Crippen LogP contribution in [0.25, 0.3) is 0 Å². The van der Waals surface area contributed by atoms with Crippen LogP contribution in [0.4, 0.5) is 10.7 Å². The van der Waals surface area contributed by atoms with E-state index in [1.165, 1.54) is 12.3 Å². The van der Waals surface area contributed by atoms with E-state index in [2.05, 4.69) is 9.97 Å². The van der Waals surface area contributed by atoms with Crippen LogP contribution in [0, 0.1) is 0 Å². The van der Waals surface area contributed by atoms with Gasteiger partial charge in [0.15, 0.2) is 0 Å². The summed E-state index contributed by atoms with van der Waals surface area (Å²) in [5.41, 5.74) is -0.662. The van der Waals surface area contributed by atoms with Crippen molar-refractivity contribution in [3.05, 3.63) is 22.6 Å². The predicted molar refractivity (Wildman–Crippen MR) is 74.9 cm³/mol. The van der Waals surface area contributed by atoms with Gasteiger partial charge in [0.25, 0.3) is 5.56 Å². The van der Waals surface area contributed by atoms with Crippen LogP contribution in [-0.2, 0) is 4.74 Å². The summed E-state index contributed by atoms with van der Waals surface area (Å²) in [4.78, 5) is 33.6. The number of aromatic amines is 1. The molecule has 0 aliphatic carbocycles. The first-order chi connectivity index (χ1) is 9.35. The van der Waals surface area contributed by atoms with Crippen molar-refractivity contribution in [3.8, 4) is 0 Å². The molecule has 0 unspecified atom stereocenters. The molecular formula is C13H20N4O3. The maximum Gasteiger partial charge on any atom is 0.410 e. The number of anilines is 1. The average Bonchev–Trinajstić information content (AvgIpc) is 2.37. The standard InChI is InChI=1S/C13H20N4O3/c1-13(2,3)20-12(19)17-8-6-16(7-9-17)11-14-5-4-10(18)15-11/h4-5H,6-9H2,1-3H3,(H,14,15,18). The molecule has 0 saturated carbocycles. The summed E-state index contributed by atoms with van der Waals surface area (Å²) in [5, 5.41) is 0. The van der Waals surface area contributed by atoms with Crippen molar-refractivity contribution >= 4 is 12.0 Å². The van der Waals surface area contributed by atoms with Gasteiger partial charge in [-0.3, -0.25) is 9.78 Å². The van der Waals surface area contributed by atoms with E-state index in [0.29, 0.717) is 32.1 Å². The number of amides is 1. The smallest absolute Gasteiger partial charge is 0.410 e. The van der Waals surface area contributed by atoms with Gasteiger partial charge >= 0.3 is 6.09 Å². The second-order valence-corrected chi connectivity index (χ2v) is 5.71. The zero-order chi connectivity index (χ0) is 14.8. The van der Waals surface area contributed by atoms with E-state index < -0.39 is 5.60 Å². The number of aromatic nitrogens is 2. The molecule has 2 rings (SSSR count). The summed E-state index contributed by atoms with van der Waals surface area (Å²) in [5.74, 6) is 0.543. The number of rotatable bonds is 1. The lowest BCUT2D eigenvalue weighted by atomic mass is 10.2. The van der Waals surface area contributed by atoms with Crippen LogP contribution < -0.4 is 10.5 Å². The fraction of sp³-hybridized carbons (Fsp3) is 0.615. The summed E-state index contributed by atoms with van der Waals surface area (Å²) in [6, 6.07) is 1.38. The third-order valence-electron chi connectivity index (χ3n) is 2.89. The summed E-state index contributed by atoms with van der Waals surface area (Å²) < 4.78 is 5.33. The Morgan fingerprint density at radius 3 is 2.50 bits per heavy atom. The molecule has 1 amide bonds. The second-order valence-electron chi connectivity index (χ2n) is 5.71. The molecule has 1 saturated heterocycles. The van der Waals surface area contributed by atoms with Crippen LogP contribution in [0.1, 0.15) is 20.8 Å². The Morgan fingerprint density at radius 2 is 1.95 bits per heavy atom. The molecule has 7 heteroatoms. The minimum absolute atomic E-state index is 0.176. The van der Waals surface area contributed by atoms with E-state index in [4.69, 9.17) is 4.74 Å². The molecule has 1 fully saturated rings. The zero-order valence-electron chi connectivity index (χ0n) is 12.0. The van der Waals surface area contributed by atoms with E-state index in [0.717, 1.165) is 0 Å². The number of carbonyl (C=O) groups is 1. The van der Waals surface area contributed by atoms with E-state index in [1.807, 2.05) is 25.7 Å². The number of ether oxygens (including phenoxy) is 1. The summed E-state index contributed by atoms with van der Waals surface area (Å²) in [7, 11) is 0. The van der Waals surface area contributed by atoms with E-state index >= 15 is 0 Å². The van der Waals surface area contributed by atoms with Gasteiger partial charge in [0.1, 0.15) is 5.60 Å². The van der Waals surface area contributed by atoms with Crippen molar-refractivity contribution < 1.29 is 9.53 Å². The fourth-order valence-electron chi connectivity index (χ4n) is 1.95. The molecule has 0 bridgehead atoms. The van der Waals surface area contributed by atoms with Crippen LogP contribution in [0.3, 0.4) is 0 Å². The van der Waals surface area contributed by atoms with Crippen LogP contribution in [0.15, 0.2) is 17.1 Å². The zero-order valence-corrected chi connectivity index (χ0v) is 12.0. The fourth-order valence-corrected chi connectivity index (χ4v) is 1.95. The number of piperazine rings is 1. The summed E-state index contributed by atoms with van der Waals surface area (Å²) in [6.07, 6.45) is 1.18. The van der Waals surface area contributed by atoms with Gasteiger partial charge < -0.3 is 14.5 Å². The Balaban J connectivity index is 1.92. The van der Waals surface area contributed by atoms with E-state index in [-0.39, 0.29) is 11.7 Å². The molecule has 2 heterocycles. The molecule has 1 aromatic heterocycles. The summed E-state index contributed by atoms with van der Waals surface area (Å²) >= 11 is 0. The lowest BCUT2D eigenvalue weighted by Crippen LogP contribution is -2.50. The van der Waals surface area contributed by atoms with Gasteiger partial charge in [0, 0.05) is 38.4 Å². The number of carbonyl (C=O) groups excluding carboxylic acids is 1. The lowest BCUT2D eigenvalue weighted by Gasteiger charge is -2.35. The van der Waals surface area contributed by atoms with Crippen molar-refractivity contribution in [2.24, 2.45) is 0 Å². The second kappa shape index (κ2) is 5.52. The Labute approximate surface area is 117 Å². The Morgan fingerprint density at radius 1 is 1.30 bits per heavy atom. The first-order valence-corrected chi connectivity index (χ1v) is 6.63. The number of hydrogen-bond donors (Lipinski definition) is 1. The number of nitrogens with one attached hydrogen (secondary N) is 1. The highest BCUT2D eigenvalue weighted by atomic mass is 16.6. The maximum absolute atomic E-state index is 11.9. The Kier molecular flexibility index (Phi) is 3.96. The first kappa shape index (κ1) is 14.4. The highest BCUT2D eigenvalue weighted by Gasteiger charge is 2.26. The third kappa shape index (κ3) is 3.72. The van der Waals surface area contributed by atoms with Crippen molar-refractivity contribution in [2.45, 2.75) is 26.4 Å². The quantitative estimate of drug-likeness (QED) is 0.824. The van der Waals surface area contributed by atoms with Crippen LogP contribution in [-0.4, -0.2) is 52.7 Å². The minimum atomic E-state index is -0.486. The average molecular weight is 280 g/mol. The molecule has 0 aromatic carbocycles. The SMILES string of the molecule is CC(C)(C)OC(=O)N1CCN(c2nccc(=O)[nH]2)CC1. The van der Waals surface area contributed by atoms with Crippen molar-refractivity contribution in [3.63, 3.8) is 0 Å². The van der Waals surface area contributed by atoms with Gasteiger partial charge in [-0.05, 0) is 20.8 Å². The minimum Gasteiger partial charge on any atom is -0.444 e. The van der Waals surface area contributed by atoms with Crippen LogP contribution in [0.2, 0.25) is 0 Å². The van der Waals surface area contributed by atoms with Gasteiger partial charge in [-0.25, -0.2) is 9.78 Å². The third-order valence-corrected chi connectivity index (χ3v) is 2.89. The predicted octanol–water partition coefficient (Wildman–Crippen LogP) is 0.827. The van der Waals surface area contributed by atoms with Crippen LogP contribution >= 0.6 is 0 Å². The van der Waals surface area contributed by atoms with Crippen molar-refractivity contribution in [1.29, 1.82) is 0 Å². The Hall–Kier alpha value is -2.05. The van der Waals surface area contributed by atoms with Crippen molar-refractivity contribution in [1.82, 2.24) is 14.9 Å². The molecule has 0 atom stereocenters. The highest BCUT2D eigenvalue weighted by molar-refractivity contribution is 5.68. The molecule has 1 N–H and O–H groups in total. The molecule has 20 heavy (non-hydrogen) atoms. The molecule has 110 valence electrons. The van der Waals surface area contributed by atoms with Gasteiger partial charge in [-0.1, -0.05) is 0 Å². The largest absolute Gasteiger partial charge is 0.444 e. The molecular weight excluding hydrogens is 260 g/mol. The van der Waals surface area contributed by atoms with Gasteiger partial charge in [0.05, 0.1) is 0 Å². The van der Waals surface area contributed by atoms with Gasteiger partial charge in [0.2, 0.25) is 5.95 Å². The van der Waals surface area contributed by atoms with Gasteiger partial charge in [-0.2, -0.15) is 0 Å². The normalized spacial score (nSPS) is 16.1. The van der Waals surface area contributed by atoms with Crippen LogP contribution in [0.5, 0.6) is 0 Å². The number of nitrogens with zero attached hydrogens (tertiary/aromatic N) is 3. The topological polar surface area (TPSA) is 78.5 Å². The highest BCUT2D eigenvalue weighted by Crippen LogP contribution is 2.13. The van der Waals surface area contributed by atoms with E-state index in [1.54, 1.807) is 4.90 Å². The van der Waals surface area contributed by atoms with Crippen molar-refractivity contribution in [2.75, 3.05) is 31.1 Å². The number of hydrogen-bond acceptors (Lipinski definition) is 5. The molecule has 1 aliphatic heterocycles. The molecule has 7 nitrogen and oxygen atoms in total. The number of H-pyrrole nitrogens is 1. The first-order valence-electron chi connectivity index (χ1n) is 6.63. The monoisotopic (exact) mass is 280 g/mol. The van der Waals surface area contributed by atoms with E-state index in [9.17, 15) is 9.59 Å². The molecule has 1 aliphatic rings. The molecule has 0 radical (unpaired) electrons. The lowest BCUT2D eigenvalue weighted by molar-refractivity contribution is 0.0240. The van der Waals surface area contributed by atoms with Gasteiger partial charge in [-0.15, -0.1) is 0 Å². The molecule has 0 spiro atoms. The molecule has 1 aromatic rings. The summed E-state index contributed by atoms with van der Waals surface area (Å²) in [6.45, 7) is 7.87. The maximum atomic E-state index is 11.9. The Bertz CT molecular complexity index is 527.